The number of sulfonamides is 1. The van der Waals surface area contributed by atoms with Crippen molar-refractivity contribution in [1.82, 2.24) is 10.2 Å². The molecule has 1 aromatic carbocycles. The molecule has 0 saturated carbocycles. The Morgan fingerprint density at radius 1 is 1.21 bits per heavy atom. The number of carbonyl (C=O) groups is 2. The number of methoxy groups -OCH3 is 1. The summed E-state index contributed by atoms with van der Waals surface area (Å²) < 4.78 is 30.5. The van der Waals surface area contributed by atoms with Gasteiger partial charge in [0.1, 0.15) is 6.54 Å². The average Bonchev–Trinajstić information content (AvgIpc) is 3.03. The van der Waals surface area contributed by atoms with Crippen molar-refractivity contribution in [3.8, 4) is 0 Å². The molecule has 1 heterocycles. The predicted molar refractivity (Wildman–Crippen MR) is 109 cm³/mol. The fraction of sp³-hybridized carbons (Fsp3) is 0.375. The maximum Gasteiger partial charge on any atom is 0.316 e. The van der Waals surface area contributed by atoms with Gasteiger partial charge in [-0.05, 0) is 37.1 Å². The lowest BCUT2D eigenvalue weighted by atomic mass is 10.1. The van der Waals surface area contributed by atoms with E-state index in [4.69, 9.17) is 0 Å². The van der Waals surface area contributed by atoms with Crippen molar-refractivity contribution in [3.63, 3.8) is 0 Å². The van der Waals surface area contributed by atoms with Crippen molar-refractivity contribution in [2.75, 3.05) is 35.3 Å². The van der Waals surface area contributed by atoms with Gasteiger partial charge in [0.05, 0.1) is 24.8 Å². The van der Waals surface area contributed by atoms with Gasteiger partial charge in [0, 0.05) is 0 Å². The number of anilines is 2. The molecule has 9 nitrogen and oxygen atoms in total. The monoisotopic (exact) mass is 444 g/mol. The van der Waals surface area contributed by atoms with E-state index in [0.29, 0.717) is 10.0 Å². The predicted octanol–water partition coefficient (Wildman–Crippen LogP) is 1.82. The Balaban J connectivity index is 2.08. The molecule has 0 atom stereocenters. The van der Waals surface area contributed by atoms with Crippen LogP contribution in [0.5, 0.6) is 0 Å². The summed E-state index contributed by atoms with van der Waals surface area (Å²) in [7, 11) is -2.38. The molecular weight excluding hydrogens is 424 g/mol. The largest absolute Gasteiger partial charge is 0.468 e. The number of thioether (sulfide) groups is 1. The molecule has 0 saturated heterocycles. The van der Waals surface area contributed by atoms with Crippen LogP contribution in [-0.2, 0) is 24.3 Å². The molecule has 2 rings (SSSR count). The van der Waals surface area contributed by atoms with Gasteiger partial charge in [0.2, 0.25) is 21.1 Å². The Labute approximate surface area is 171 Å². The topological polar surface area (TPSA) is 119 Å². The van der Waals surface area contributed by atoms with Crippen LogP contribution in [0.1, 0.15) is 11.1 Å². The van der Waals surface area contributed by atoms with Gasteiger partial charge in [-0.25, -0.2) is 8.42 Å². The number of esters is 1. The van der Waals surface area contributed by atoms with Gasteiger partial charge in [-0.3, -0.25) is 19.2 Å². The summed E-state index contributed by atoms with van der Waals surface area (Å²) in [6, 6.07) is 5.32. The fourth-order valence-electron chi connectivity index (χ4n) is 2.28. The Morgan fingerprint density at radius 2 is 1.86 bits per heavy atom. The maximum atomic E-state index is 12.4. The molecule has 0 aliphatic heterocycles. The number of carbonyl (C=O) groups excluding carboxylic acids is 2. The third kappa shape index (κ3) is 6.46. The average molecular weight is 445 g/mol. The van der Waals surface area contributed by atoms with E-state index in [-0.39, 0.29) is 10.9 Å². The van der Waals surface area contributed by atoms with Crippen molar-refractivity contribution >= 4 is 55.8 Å². The van der Waals surface area contributed by atoms with Crippen LogP contribution in [0.15, 0.2) is 22.5 Å². The molecule has 152 valence electrons. The van der Waals surface area contributed by atoms with Crippen LogP contribution in [0, 0.1) is 13.8 Å². The minimum atomic E-state index is -3.67. The first-order valence-electron chi connectivity index (χ1n) is 7.97. The van der Waals surface area contributed by atoms with Gasteiger partial charge < -0.3 is 4.74 Å². The van der Waals surface area contributed by atoms with E-state index in [1.807, 2.05) is 19.9 Å². The molecule has 28 heavy (non-hydrogen) atoms. The number of nitrogens with one attached hydrogen (secondary N) is 1. The Morgan fingerprint density at radius 3 is 2.43 bits per heavy atom. The lowest BCUT2D eigenvalue weighted by molar-refractivity contribution is -0.137. The van der Waals surface area contributed by atoms with Crippen LogP contribution in [0.2, 0.25) is 0 Å². The van der Waals surface area contributed by atoms with E-state index in [2.05, 4.69) is 20.3 Å². The number of ether oxygens (including phenoxy) is 1. The summed E-state index contributed by atoms with van der Waals surface area (Å²) in [4.78, 5) is 23.5. The van der Waals surface area contributed by atoms with Crippen LogP contribution in [0.25, 0.3) is 0 Å². The zero-order valence-electron chi connectivity index (χ0n) is 15.8. The third-order valence-corrected chi connectivity index (χ3v) is 6.46. The summed E-state index contributed by atoms with van der Waals surface area (Å²) in [6.45, 7) is 3.31. The zero-order valence-corrected chi connectivity index (χ0v) is 18.2. The highest BCUT2D eigenvalue weighted by Gasteiger charge is 2.22. The number of amides is 1. The number of aromatic nitrogens is 2. The zero-order chi connectivity index (χ0) is 20.9. The van der Waals surface area contributed by atoms with Crippen LogP contribution in [0.4, 0.5) is 10.8 Å². The molecule has 0 aliphatic carbocycles. The fourth-order valence-corrected chi connectivity index (χ4v) is 4.72. The van der Waals surface area contributed by atoms with E-state index in [1.54, 1.807) is 12.1 Å². The minimum Gasteiger partial charge on any atom is -0.468 e. The summed E-state index contributed by atoms with van der Waals surface area (Å²) in [5, 5.41) is 10.4. The first-order valence-corrected chi connectivity index (χ1v) is 11.6. The highest BCUT2D eigenvalue weighted by molar-refractivity contribution is 8.01. The second-order valence-electron chi connectivity index (χ2n) is 5.90. The highest BCUT2D eigenvalue weighted by atomic mass is 32.2. The van der Waals surface area contributed by atoms with Gasteiger partial charge >= 0.3 is 5.97 Å². The molecule has 0 aliphatic rings. The minimum absolute atomic E-state index is 0.0770. The van der Waals surface area contributed by atoms with Gasteiger partial charge in [-0.1, -0.05) is 29.2 Å². The molecule has 1 N–H and O–H groups in total. The van der Waals surface area contributed by atoms with E-state index in [0.717, 1.165) is 44.8 Å². The van der Waals surface area contributed by atoms with Crippen LogP contribution in [0.3, 0.4) is 0 Å². The molecule has 2 aromatic rings. The summed E-state index contributed by atoms with van der Waals surface area (Å²) in [6.07, 6.45) is 1.05. The Kier molecular flexibility index (Phi) is 7.38. The number of aryl methyl sites for hydroxylation is 2. The molecule has 1 aromatic heterocycles. The molecule has 12 heteroatoms. The van der Waals surface area contributed by atoms with Crippen molar-refractivity contribution in [1.29, 1.82) is 0 Å². The molecule has 0 unspecified atom stereocenters. The number of hydrogen-bond acceptors (Lipinski definition) is 9. The Bertz CT molecular complexity index is 954. The number of rotatable bonds is 8. The van der Waals surface area contributed by atoms with E-state index < -0.39 is 28.4 Å². The van der Waals surface area contributed by atoms with Crippen molar-refractivity contribution in [2.45, 2.75) is 18.2 Å². The molecule has 0 bridgehead atoms. The van der Waals surface area contributed by atoms with E-state index in [1.165, 1.54) is 7.11 Å². The number of benzene rings is 1. The van der Waals surface area contributed by atoms with Crippen molar-refractivity contribution < 1.29 is 22.7 Å². The molecule has 1 amide bonds. The van der Waals surface area contributed by atoms with Crippen molar-refractivity contribution in [2.24, 2.45) is 0 Å². The van der Waals surface area contributed by atoms with Crippen molar-refractivity contribution in [3.05, 3.63) is 29.3 Å². The smallest absolute Gasteiger partial charge is 0.316 e. The standard InChI is InChI=1S/C16H20N4O5S3/c1-10-5-11(2)7-12(6-10)20(28(4,23)24)8-13(21)17-15-18-19-16(27-15)26-9-14(22)25-3/h5-7H,8-9H2,1-4H3,(H,17,18,21). The van der Waals surface area contributed by atoms with Crippen LogP contribution in [-0.4, -0.2) is 56.2 Å². The number of hydrogen-bond donors (Lipinski definition) is 1. The van der Waals surface area contributed by atoms with Crippen LogP contribution >= 0.6 is 23.1 Å². The summed E-state index contributed by atoms with van der Waals surface area (Å²) in [5.74, 6) is -0.874. The molecule has 0 spiro atoms. The molecule has 0 radical (unpaired) electrons. The second-order valence-corrected chi connectivity index (χ2v) is 10.0. The van der Waals surface area contributed by atoms with Gasteiger partial charge in [-0.15, -0.1) is 10.2 Å². The summed E-state index contributed by atoms with van der Waals surface area (Å²) in [5.41, 5.74) is 2.20. The lowest BCUT2D eigenvalue weighted by Gasteiger charge is -2.22. The lowest BCUT2D eigenvalue weighted by Crippen LogP contribution is -2.37. The SMILES string of the molecule is COC(=O)CSc1nnc(NC(=O)CN(c2cc(C)cc(C)c2)S(C)(=O)=O)s1. The highest BCUT2D eigenvalue weighted by Crippen LogP contribution is 2.26. The van der Waals surface area contributed by atoms with E-state index in [9.17, 15) is 18.0 Å². The summed E-state index contributed by atoms with van der Waals surface area (Å²) >= 11 is 2.21. The van der Waals surface area contributed by atoms with Gasteiger partial charge in [-0.2, -0.15) is 0 Å². The van der Waals surface area contributed by atoms with Gasteiger partial charge in [0.15, 0.2) is 4.34 Å². The number of nitrogens with zero attached hydrogens (tertiary/aromatic N) is 3. The first kappa shape index (κ1) is 22.1. The molecular formula is C16H20N4O5S3. The quantitative estimate of drug-likeness (QED) is 0.372. The first-order chi connectivity index (χ1) is 13.1. The van der Waals surface area contributed by atoms with Gasteiger partial charge in [0.25, 0.3) is 0 Å². The molecule has 0 fully saturated rings. The van der Waals surface area contributed by atoms with Crippen LogP contribution < -0.4 is 9.62 Å². The maximum absolute atomic E-state index is 12.4. The normalized spacial score (nSPS) is 11.1. The third-order valence-electron chi connectivity index (χ3n) is 3.38. The second kappa shape index (κ2) is 9.34. The van der Waals surface area contributed by atoms with E-state index >= 15 is 0 Å². The Hall–Kier alpha value is -2.18.